The van der Waals surface area contributed by atoms with Gasteiger partial charge < -0.3 is 5.73 Å². The van der Waals surface area contributed by atoms with Gasteiger partial charge in [0.2, 0.25) is 0 Å². The molecule has 0 saturated heterocycles. The van der Waals surface area contributed by atoms with Crippen LogP contribution in [0.15, 0.2) is 11.4 Å². The fourth-order valence-electron chi connectivity index (χ4n) is 2.45. The molecule has 0 bridgehead atoms. The predicted molar refractivity (Wildman–Crippen MR) is 88.4 cm³/mol. The van der Waals surface area contributed by atoms with Crippen molar-refractivity contribution in [2.45, 2.75) is 77.6 Å². The molecule has 20 heavy (non-hydrogen) atoms. The summed E-state index contributed by atoms with van der Waals surface area (Å²) in [7, 11) is 0. The normalized spacial score (nSPS) is 10.8. The van der Waals surface area contributed by atoms with E-state index >= 15 is 0 Å². The Kier molecular flexibility index (Phi) is 9.38. The van der Waals surface area contributed by atoms with Gasteiger partial charge in [0.1, 0.15) is 0 Å². The van der Waals surface area contributed by atoms with Crippen LogP contribution in [0.2, 0.25) is 0 Å². The Hall–Kier alpha value is -0.830. The Balaban J connectivity index is 1.93. The highest BCUT2D eigenvalue weighted by Gasteiger charge is 2.04. The maximum absolute atomic E-state index is 11.0. The summed E-state index contributed by atoms with van der Waals surface area (Å²) in [4.78, 5) is 11.7. The van der Waals surface area contributed by atoms with E-state index in [1.165, 1.54) is 81.1 Å². The van der Waals surface area contributed by atoms with E-state index in [0.29, 0.717) is 4.88 Å². The number of carbonyl (C=O) groups excluding carboxylic acids is 1. The molecule has 0 aliphatic heterocycles. The summed E-state index contributed by atoms with van der Waals surface area (Å²) in [6.45, 7) is 2.26. The zero-order valence-electron chi connectivity index (χ0n) is 12.8. The van der Waals surface area contributed by atoms with Crippen LogP contribution in [0.3, 0.4) is 0 Å². The van der Waals surface area contributed by atoms with Crippen molar-refractivity contribution in [3.05, 3.63) is 21.9 Å². The molecule has 1 rings (SSSR count). The number of thiophene rings is 1. The Labute approximate surface area is 127 Å². The van der Waals surface area contributed by atoms with Crippen LogP contribution in [0.1, 0.15) is 86.4 Å². The highest BCUT2D eigenvalue weighted by molar-refractivity contribution is 7.12. The Morgan fingerprint density at radius 3 is 2.05 bits per heavy atom. The van der Waals surface area contributed by atoms with E-state index in [9.17, 15) is 4.79 Å². The molecule has 0 aliphatic carbocycles. The molecule has 0 fully saturated rings. The first-order chi connectivity index (χ1) is 9.74. The largest absolute Gasteiger partial charge is 0.365 e. The third-order valence-electron chi connectivity index (χ3n) is 3.72. The quantitative estimate of drug-likeness (QED) is 0.522. The first-order valence-corrected chi connectivity index (χ1v) is 8.99. The SMILES string of the molecule is CCCCCCCCCCCCc1csc(C(N)=O)c1. The number of rotatable bonds is 12. The first kappa shape index (κ1) is 17.2. The van der Waals surface area contributed by atoms with Crippen molar-refractivity contribution in [3.63, 3.8) is 0 Å². The zero-order valence-corrected chi connectivity index (χ0v) is 13.6. The van der Waals surface area contributed by atoms with Crippen molar-refractivity contribution >= 4 is 17.2 Å². The average Bonchev–Trinajstić information content (AvgIpc) is 2.90. The third-order valence-corrected chi connectivity index (χ3v) is 4.71. The smallest absolute Gasteiger partial charge is 0.258 e. The molecule has 1 amide bonds. The van der Waals surface area contributed by atoms with Gasteiger partial charge in [-0.3, -0.25) is 4.79 Å². The molecule has 1 heterocycles. The highest BCUT2D eigenvalue weighted by atomic mass is 32.1. The van der Waals surface area contributed by atoms with Crippen LogP contribution in [0, 0.1) is 0 Å². The molecule has 2 nitrogen and oxygen atoms in total. The molecular weight excluding hydrogens is 266 g/mol. The Bertz CT molecular complexity index is 373. The lowest BCUT2D eigenvalue weighted by Crippen LogP contribution is -2.08. The standard InChI is InChI=1S/C17H29NOS/c1-2-3-4-5-6-7-8-9-10-11-12-15-13-16(17(18)19)20-14-15/h13-14H,2-12H2,1H3,(H2,18,19). The van der Waals surface area contributed by atoms with Crippen LogP contribution in [0.5, 0.6) is 0 Å². The van der Waals surface area contributed by atoms with Gasteiger partial charge in [-0.05, 0) is 29.9 Å². The lowest BCUT2D eigenvalue weighted by atomic mass is 10.0. The average molecular weight is 295 g/mol. The van der Waals surface area contributed by atoms with Crippen LogP contribution in [0.4, 0.5) is 0 Å². The minimum Gasteiger partial charge on any atom is -0.365 e. The number of hydrogen-bond donors (Lipinski definition) is 1. The topological polar surface area (TPSA) is 43.1 Å². The van der Waals surface area contributed by atoms with Gasteiger partial charge in [-0.2, -0.15) is 0 Å². The van der Waals surface area contributed by atoms with Crippen molar-refractivity contribution in [2.24, 2.45) is 5.73 Å². The van der Waals surface area contributed by atoms with Crippen LogP contribution < -0.4 is 5.73 Å². The lowest BCUT2D eigenvalue weighted by molar-refractivity contribution is 0.100. The van der Waals surface area contributed by atoms with Crippen LogP contribution in [-0.2, 0) is 6.42 Å². The summed E-state index contributed by atoms with van der Waals surface area (Å²) < 4.78 is 0. The number of primary amides is 1. The van der Waals surface area contributed by atoms with Gasteiger partial charge in [0, 0.05) is 0 Å². The number of unbranched alkanes of at least 4 members (excludes halogenated alkanes) is 9. The summed E-state index contributed by atoms with van der Waals surface area (Å²) >= 11 is 1.46. The van der Waals surface area contributed by atoms with E-state index in [2.05, 4.69) is 12.3 Å². The highest BCUT2D eigenvalue weighted by Crippen LogP contribution is 2.17. The third kappa shape index (κ3) is 7.68. The number of nitrogens with two attached hydrogens (primary N) is 1. The molecule has 0 spiro atoms. The monoisotopic (exact) mass is 295 g/mol. The fourth-order valence-corrected chi connectivity index (χ4v) is 3.25. The van der Waals surface area contributed by atoms with Gasteiger partial charge in [0.25, 0.3) is 5.91 Å². The summed E-state index contributed by atoms with van der Waals surface area (Å²) in [5, 5.41) is 2.06. The molecule has 2 N–H and O–H groups in total. The second kappa shape index (κ2) is 10.9. The van der Waals surface area contributed by atoms with Gasteiger partial charge in [-0.25, -0.2) is 0 Å². The molecule has 0 aromatic carbocycles. The summed E-state index contributed by atoms with van der Waals surface area (Å²) in [6, 6.07) is 1.95. The summed E-state index contributed by atoms with van der Waals surface area (Å²) in [5.41, 5.74) is 6.52. The molecule has 1 aromatic rings. The summed E-state index contributed by atoms with van der Waals surface area (Å²) in [6.07, 6.45) is 14.7. The first-order valence-electron chi connectivity index (χ1n) is 8.11. The van der Waals surface area contributed by atoms with Crippen molar-refractivity contribution in [1.82, 2.24) is 0 Å². The number of hydrogen-bond acceptors (Lipinski definition) is 2. The molecule has 1 aromatic heterocycles. The van der Waals surface area contributed by atoms with E-state index < -0.39 is 0 Å². The molecule has 0 atom stereocenters. The number of aryl methyl sites for hydroxylation is 1. The maximum atomic E-state index is 11.0. The second-order valence-electron chi connectivity index (χ2n) is 5.62. The zero-order chi connectivity index (χ0) is 14.6. The Morgan fingerprint density at radius 2 is 1.55 bits per heavy atom. The molecule has 114 valence electrons. The van der Waals surface area contributed by atoms with E-state index in [0.717, 1.165) is 6.42 Å². The van der Waals surface area contributed by atoms with E-state index in [4.69, 9.17) is 5.73 Å². The van der Waals surface area contributed by atoms with E-state index in [1.807, 2.05) is 6.07 Å². The van der Waals surface area contributed by atoms with Crippen LogP contribution in [-0.4, -0.2) is 5.91 Å². The van der Waals surface area contributed by atoms with Gasteiger partial charge in [0.15, 0.2) is 0 Å². The van der Waals surface area contributed by atoms with Crippen LogP contribution in [0.25, 0.3) is 0 Å². The van der Waals surface area contributed by atoms with Gasteiger partial charge in [-0.1, -0.05) is 64.7 Å². The van der Waals surface area contributed by atoms with E-state index in [1.54, 1.807) is 0 Å². The summed E-state index contributed by atoms with van der Waals surface area (Å²) in [5.74, 6) is -0.302. The van der Waals surface area contributed by atoms with Crippen molar-refractivity contribution in [1.29, 1.82) is 0 Å². The molecule has 0 unspecified atom stereocenters. The predicted octanol–water partition coefficient (Wildman–Crippen LogP) is 5.31. The number of amides is 1. The van der Waals surface area contributed by atoms with Gasteiger partial charge in [0.05, 0.1) is 4.88 Å². The molecule has 0 radical (unpaired) electrons. The Morgan fingerprint density at radius 1 is 1.00 bits per heavy atom. The van der Waals surface area contributed by atoms with Gasteiger partial charge in [-0.15, -0.1) is 11.3 Å². The van der Waals surface area contributed by atoms with Crippen molar-refractivity contribution < 1.29 is 4.79 Å². The lowest BCUT2D eigenvalue weighted by Gasteiger charge is -2.02. The van der Waals surface area contributed by atoms with Crippen molar-refractivity contribution in [2.75, 3.05) is 0 Å². The van der Waals surface area contributed by atoms with Crippen molar-refractivity contribution in [3.8, 4) is 0 Å². The second-order valence-corrected chi connectivity index (χ2v) is 6.53. The minimum absolute atomic E-state index is 0.302. The minimum atomic E-state index is -0.302. The molecule has 0 aliphatic rings. The molecule has 0 saturated carbocycles. The maximum Gasteiger partial charge on any atom is 0.258 e. The van der Waals surface area contributed by atoms with E-state index in [-0.39, 0.29) is 5.91 Å². The molecular formula is C17H29NOS. The fraction of sp³-hybridized carbons (Fsp3) is 0.706. The molecule has 3 heteroatoms. The number of carbonyl (C=O) groups is 1. The van der Waals surface area contributed by atoms with Crippen LogP contribution >= 0.6 is 11.3 Å². The van der Waals surface area contributed by atoms with Gasteiger partial charge >= 0.3 is 0 Å².